The van der Waals surface area contributed by atoms with Crippen LogP contribution in [0.1, 0.15) is 16.2 Å². The maximum atomic E-state index is 11.7. The fourth-order valence-electron chi connectivity index (χ4n) is 1.42. The summed E-state index contributed by atoms with van der Waals surface area (Å²) in [5, 5.41) is 23.6. The molecule has 0 saturated carbocycles. The SMILES string of the molecule is Cc1nsc(NC(=O)Nc2cccc(C(=O)O)c2O)n1. The summed E-state index contributed by atoms with van der Waals surface area (Å²) in [5.74, 6) is -1.27. The highest BCUT2D eigenvalue weighted by Gasteiger charge is 2.15. The van der Waals surface area contributed by atoms with Crippen molar-refractivity contribution < 1.29 is 19.8 Å². The van der Waals surface area contributed by atoms with Crippen LogP contribution in [0, 0.1) is 6.92 Å². The van der Waals surface area contributed by atoms with Gasteiger partial charge in [-0.25, -0.2) is 14.6 Å². The normalized spacial score (nSPS) is 10.1. The molecule has 4 N–H and O–H groups in total. The zero-order valence-electron chi connectivity index (χ0n) is 10.2. The number of anilines is 2. The van der Waals surface area contributed by atoms with E-state index in [-0.39, 0.29) is 11.3 Å². The molecule has 0 unspecified atom stereocenters. The largest absolute Gasteiger partial charge is 0.505 e. The Morgan fingerprint density at radius 3 is 2.65 bits per heavy atom. The number of aromatic nitrogens is 2. The molecule has 2 amide bonds. The van der Waals surface area contributed by atoms with E-state index in [0.29, 0.717) is 11.0 Å². The van der Waals surface area contributed by atoms with E-state index >= 15 is 0 Å². The summed E-state index contributed by atoms with van der Waals surface area (Å²) in [7, 11) is 0. The number of benzene rings is 1. The molecule has 0 fully saturated rings. The molecule has 0 aliphatic heterocycles. The van der Waals surface area contributed by atoms with Crippen LogP contribution in [-0.2, 0) is 0 Å². The van der Waals surface area contributed by atoms with Crippen LogP contribution in [-0.4, -0.2) is 31.6 Å². The minimum atomic E-state index is -1.29. The lowest BCUT2D eigenvalue weighted by Crippen LogP contribution is -2.19. The van der Waals surface area contributed by atoms with E-state index in [0.717, 1.165) is 11.5 Å². The number of carboxylic acids is 1. The van der Waals surface area contributed by atoms with E-state index in [1.165, 1.54) is 18.2 Å². The van der Waals surface area contributed by atoms with E-state index in [9.17, 15) is 14.7 Å². The van der Waals surface area contributed by atoms with E-state index in [1.54, 1.807) is 6.92 Å². The van der Waals surface area contributed by atoms with Gasteiger partial charge >= 0.3 is 12.0 Å². The summed E-state index contributed by atoms with van der Waals surface area (Å²) in [5.41, 5.74) is -0.307. The number of phenols is 1. The molecule has 0 spiro atoms. The van der Waals surface area contributed by atoms with Gasteiger partial charge in [-0.1, -0.05) is 6.07 Å². The van der Waals surface area contributed by atoms with Crippen molar-refractivity contribution in [1.29, 1.82) is 0 Å². The Bertz CT molecular complexity index is 670. The standard InChI is InChI=1S/C11H10N4O4S/c1-5-12-11(20-15-5)14-10(19)13-7-4-2-3-6(8(7)16)9(17)18/h2-4,16H,1H3,(H,17,18)(H2,12,13,14,15,19). The quantitative estimate of drug-likeness (QED) is 0.641. The summed E-state index contributed by atoms with van der Waals surface area (Å²) < 4.78 is 3.89. The number of aryl methyl sites for hydroxylation is 1. The van der Waals surface area contributed by atoms with Crippen LogP contribution in [0.25, 0.3) is 0 Å². The van der Waals surface area contributed by atoms with E-state index in [2.05, 4.69) is 20.0 Å². The summed E-state index contributed by atoms with van der Waals surface area (Å²) in [6, 6.07) is 3.37. The fourth-order valence-corrected chi connectivity index (χ4v) is 1.99. The monoisotopic (exact) mass is 294 g/mol. The highest BCUT2D eigenvalue weighted by atomic mass is 32.1. The van der Waals surface area contributed by atoms with Crippen molar-refractivity contribution in [3.63, 3.8) is 0 Å². The van der Waals surface area contributed by atoms with Crippen LogP contribution in [0.5, 0.6) is 5.75 Å². The van der Waals surface area contributed by atoms with E-state index < -0.39 is 17.7 Å². The molecule has 0 atom stereocenters. The van der Waals surface area contributed by atoms with Crippen molar-refractivity contribution in [3.8, 4) is 5.75 Å². The molecule has 0 saturated heterocycles. The third kappa shape index (κ3) is 3.01. The molecular formula is C11H10N4O4S. The molecule has 1 heterocycles. The molecule has 0 bridgehead atoms. The van der Waals surface area contributed by atoms with Gasteiger partial charge < -0.3 is 15.5 Å². The highest BCUT2D eigenvalue weighted by molar-refractivity contribution is 7.09. The predicted octanol–water partition coefficient (Wildman–Crippen LogP) is 1.89. The maximum Gasteiger partial charge on any atom is 0.339 e. The molecular weight excluding hydrogens is 284 g/mol. The number of rotatable bonds is 3. The Labute approximate surface area is 117 Å². The molecule has 0 aliphatic rings. The molecule has 0 radical (unpaired) electrons. The number of aromatic carboxylic acids is 1. The van der Waals surface area contributed by atoms with Gasteiger partial charge in [0.15, 0.2) is 5.75 Å². The number of carboxylic acid groups (broad SMARTS) is 1. The van der Waals surface area contributed by atoms with Crippen LogP contribution in [0.3, 0.4) is 0 Å². The molecule has 1 aromatic heterocycles. The Morgan fingerprint density at radius 1 is 1.30 bits per heavy atom. The molecule has 2 rings (SSSR count). The van der Waals surface area contributed by atoms with Gasteiger partial charge in [0.1, 0.15) is 11.4 Å². The number of amides is 2. The lowest BCUT2D eigenvalue weighted by molar-refractivity contribution is 0.0694. The molecule has 1 aromatic carbocycles. The van der Waals surface area contributed by atoms with Gasteiger partial charge in [-0.2, -0.15) is 4.37 Å². The molecule has 9 heteroatoms. The molecule has 20 heavy (non-hydrogen) atoms. The van der Waals surface area contributed by atoms with E-state index in [4.69, 9.17) is 5.11 Å². The minimum Gasteiger partial charge on any atom is -0.505 e. The number of nitrogens with zero attached hydrogens (tertiary/aromatic N) is 2. The Hall–Kier alpha value is -2.68. The predicted molar refractivity (Wildman–Crippen MR) is 72.4 cm³/mol. The smallest absolute Gasteiger partial charge is 0.339 e. The van der Waals surface area contributed by atoms with Crippen molar-refractivity contribution in [1.82, 2.24) is 9.36 Å². The second-order valence-electron chi connectivity index (χ2n) is 3.73. The minimum absolute atomic E-state index is 0.0105. The van der Waals surface area contributed by atoms with Gasteiger partial charge in [0, 0.05) is 11.5 Å². The lowest BCUT2D eigenvalue weighted by atomic mass is 10.2. The second-order valence-corrected chi connectivity index (χ2v) is 4.48. The third-order valence-corrected chi connectivity index (χ3v) is 2.98. The summed E-state index contributed by atoms with van der Waals surface area (Å²) in [6.07, 6.45) is 0. The molecule has 104 valence electrons. The van der Waals surface area contributed by atoms with Crippen molar-refractivity contribution in [2.24, 2.45) is 0 Å². The van der Waals surface area contributed by atoms with Gasteiger partial charge in [-0.05, 0) is 19.1 Å². The van der Waals surface area contributed by atoms with Crippen LogP contribution < -0.4 is 10.6 Å². The first kappa shape index (κ1) is 13.7. The topological polar surface area (TPSA) is 124 Å². The number of para-hydroxylation sites is 1. The summed E-state index contributed by atoms with van der Waals surface area (Å²) >= 11 is 1.01. The van der Waals surface area contributed by atoms with Crippen LogP contribution in [0.4, 0.5) is 15.6 Å². The zero-order valence-corrected chi connectivity index (χ0v) is 11.1. The number of hydrogen-bond acceptors (Lipinski definition) is 6. The average molecular weight is 294 g/mol. The van der Waals surface area contributed by atoms with Gasteiger partial charge in [0.2, 0.25) is 5.13 Å². The second kappa shape index (κ2) is 5.53. The summed E-state index contributed by atoms with van der Waals surface area (Å²) in [6.45, 7) is 1.68. The first-order chi connectivity index (χ1) is 9.47. The molecule has 8 nitrogen and oxygen atoms in total. The molecule has 2 aromatic rings. The van der Waals surface area contributed by atoms with Gasteiger partial charge in [0.05, 0.1) is 5.69 Å². The number of aromatic hydroxyl groups is 1. The first-order valence-electron chi connectivity index (χ1n) is 5.41. The lowest BCUT2D eigenvalue weighted by Gasteiger charge is -2.08. The van der Waals surface area contributed by atoms with Crippen molar-refractivity contribution in [3.05, 3.63) is 29.6 Å². The Kier molecular flexibility index (Phi) is 3.80. The summed E-state index contributed by atoms with van der Waals surface area (Å²) in [4.78, 5) is 26.5. The fraction of sp³-hybridized carbons (Fsp3) is 0.0909. The number of nitrogens with one attached hydrogen (secondary N) is 2. The van der Waals surface area contributed by atoms with Gasteiger partial charge in [0.25, 0.3) is 0 Å². The van der Waals surface area contributed by atoms with E-state index in [1.807, 2.05) is 0 Å². The maximum absolute atomic E-state index is 11.7. The van der Waals surface area contributed by atoms with Crippen LogP contribution in [0.15, 0.2) is 18.2 Å². The van der Waals surface area contributed by atoms with Crippen molar-refractivity contribution >= 4 is 34.4 Å². The first-order valence-corrected chi connectivity index (χ1v) is 6.18. The Morgan fingerprint density at radius 2 is 2.05 bits per heavy atom. The van der Waals surface area contributed by atoms with Gasteiger partial charge in [-0.15, -0.1) is 0 Å². The zero-order chi connectivity index (χ0) is 14.7. The van der Waals surface area contributed by atoms with Crippen LogP contribution in [0.2, 0.25) is 0 Å². The van der Waals surface area contributed by atoms with Crippen molar-refractivity contribution in [2.45, 2.75) is 6.92 Å². The molecule has 0 aliphatic carbocycles. The number of hydrogen-bond donors (Lipinski definition) is 4. The van der Waals surface area contributed by atoms with Gasteiger partial charge in [-0.3, -0.25) is 5.32 Å². The van der Waals surface area contributed by atoms with Crippen LogP contribution >= 0.6 is 11.5 Å². The number of carbonyl (C=O) groups excluding carboxylic acids is 1. The van der Waals surface area contributed by atoms with Crippen molar-refractivity contribution in [2.75, 3.05) is 10.6 Å². The highest BCUT2D eigenvalue weighted by Crippen LogP contribution is 2.27. The number of urea groups is 1. The average Bonchev–Trinajstić information content (AvgIpc) is 2.77. The third-order valence-electron chi connectivity index (χ3n) is 2.26. The number of carbonyl (C=O) groups is 2. The Balaban J connectivity index is 2.12.